The maximum atomic E-state index is 13.5. The molecule has 0 aliphatic heterocycles. The first-order chi connectivity index (χ1) is 17.2. The van der Waals surface area contributed by atoms with E-state index in [0.29, 0.717) is 53.3 Å². The smallest absolute Gasteiger partial charge is 0.256 e. The summed E-state index contributed by atoms with van der Waals surface area (Å²) in [7, 11) is 1.63. The van der Waals surface area contributed by atoms with E-state index in [2.05, 4.69) is 36.2 Å². The highest BCUT2D eigenvalue weighted by Crippen LogP contribution is 2.35. The third-order valence-corrected chi connectivity index (χ3v) is 5.56. The molecular weight excluding hydrogens is 458 g/mol. The van der Waals surface area contributed by atoms with Crippen LogP contribution in [0.3, 0.4) is 0 Å². The molecule has 0 fully saturated rings. The average Bonchev–Trinajstić information content (AvgIpc) is 3.20. The van der Waals surface area contributed by atoms with Crippen LogP contribution in [0.4, 0.5) is 11.5 Å². The number of nitrogens with two attached hydrogens (primary N) is 1. The van der Waals surface area contributed by atoms with Crippen molar-refractivity contribution in [2.45, 2.75) is 33.1 Å². The lowest BCUT2D eigenvalue weighted by Crippen LogP contribution is -2.23. The van der Waals surface area contributed by atoms with Crippen LogP contribution >= 0.6 is 0 Å². The van der Waals surface area contributed by atoms with Gasteiger partial charge in [-0.2, -0.15) is 0 Å². The van der Waals surface area contributed by atoms with E-state index in [-0.39, 0.29) is 11.3 Å². The van der Waals surface area contributed by atoms with Crippen LogP contribution in [0.1, 0.15) is 42.3 Å². The summed E-state index contributed by atoms with van der Waals surface area (Å²) in [5.74, 6) is 1.72. The summed E-state index contributed by atoms with van der Waals surface area (Å²) in [4.78, 5) is 17.6. The Bertz CT molecular complexity index is 1390. The second kappa shape index (κ2) is 10.2. The van der Waals surface area contributed by atoms with Gasteiger partial charge in [-0.1, -0.05) is 32.9 Å². The minimum absolute atomic E-state index is 0.231. The Kier molecular flexibility index (Phi) is 7.12. The van der Waals surface area contributed by atoms with Gasteiger partial charge in [0.25, 0.3) is 5.91 Å². The summed E-state index contributed by atoms with van der Waals surface area (Å²) in [5, 5.41) is 7.41. The number of anilines is 2. The van der Waals surface area contributed by atoms with Crippen molar-refractivity contribution in [3.05, 3.63) is 71.4 Å². The van der Waals surface area contributed by atoms with Crippen molar-refractivity contribution in [3.8, 4) is 17.4 Å². The van der Waals surface area contributed by atoms with Crippen LogP contribution in [0.5, 0.6) is 17.4 Å². The number of aryl methyl sites for hydroxylation is 1. The van der Waals surface area contributed by atoms with Crippen molar-refractivity contribution < 1.29 is 19.0 Å². The van der Waals surface area contributed by atoms with Crippen LogP contribution in [0, 0.1) is 6.92 Å². The molecule has 0 bridgehead atoms. The Labute approximate surface area is 210 Å². The SMILES string of the molecule is COCCOc1cccc(C(=O)Nc2cc(Oc3ccc4nc(N)cn4n3)ccc2C)c1C(C)(C)C. The fourth-order valence-corrected chi connectivity index (χ4v) is 3.90. The molecule has 0 spiro atoms. The maximum Gasteiger partial charge on any atom is 0.256 e. The van der Waals surface area contributed by atoms with Crippen molar-refractivity contribution in [3.63, 3.8) is 0 Å². The number of nitrogens with one attached hydrogen (secondary N) is 1. The Hall–Kier alpha value is -4.11. The molecule has 0 aliphatic rings. The zero-order valence-corrected chi connectivity index (χ0v) is 21.2. The van der Waals surface area contributed by atoms with Gasteiger partial charge in [0.2, 0.25) is 5.88 Å². The van der Waals surface area contributed by atoms with Gasteiger partial charge in [0.15, 0.2) is 5.65 Å². The van der Waals surface area contributed by atoms with E-state index in [1.165, 1.54) is 0 Å². The van der Waals surface area contributed by atoms with Crippen LogP contribution in [0.15, 0.2) is 54.7 Å². The number of methoxy groups -OCH3 is 1. The van der Waals surface area contributed by atoms with Crippen LogP contribution in [-0.2, 0) is 10.2 Å². The Morgan fingerprint density at radius 3 is 2.67 bits per heavy atom. The molecule has 188 valence electrons. The second-order valence-electron chi connectivity index (χ2n) is 9.44. The van der Waals surface area contributed by atoms with Crippen LogP contribution in [0.2, 0.25) is 0 Å². The Balaban J connectivity index is 1.59. The molecule has 9 nitrogen and oxygen atoms in total. The molecule has 2 heterocycles. The molecule has 1 amide bonds. The number of nitrogen functional groups attached to an aromatic ring is 1. The van der Waals surface area contributed by atoms with Gasteiger partial charge in [0, 0.05) is 36.1 Å². The van der Waals surface area contributed by atoms with Gasteiger partial charge in [-0.25, -0.2) is 9.50 Å². The zero-order valence-electron chi connectivity index (χ0n) is 21.2. The van der Waals surface area contributed by atoms with Gasteiger partial charge in [-0.15, -0.1) is 5.10 Å². The van der Waals surface area contributed by atoms with Crippen molar-refractivity contribution in [2.75, 3.05) is 31.4 Å². The minimum Gasteiger partial charge on any atom is -0.491 e. The quantitative estimate of drug-likeness (QED) is 0.335. The highest BCUT2D eigenvalue weighted by molar-refractivity contribution is 6.06. The summed E-state index contributed by atoms with van der Waals surface area (Å²) >= 11 is 0. The number of carbonyl (C=O) groups excluding carboxylic acids is 1. The van der Waals surface area contributed by atoms with Crippen molar-refractivity contribution in [1.82, 2.24) is 14.6 Å². The molecule has 0 atom stereocenters. The summed E-state index contributed by atoms with van der Waals surface area (Å²) in [6, 6.07) is 14.5. The first-order valence-electron chi connectivity index (χ1n) is 11.6. The number of carbonyl (C=O) groups is 1. The number of aromatic nitrogens is 3. The molecule has 2 aromatic heterocycles. The van der Waals surface area contributed by atoms with Gasteiger partial charge in [-0.05, 0) is 42.2 Å². The fraction of sp³-hybridized carbons (Fsp3) is 0.296. The van der Waals surface area contributed by atoms with Crippen LogP contribution in [0.25, 0.3) is 5.65 Å². The van der Waals surface area contributed by atoms with E-state index in [0.717, 1.165) is 11.1 Å². The lowest BCUT2D eigenvalue weighted by atomic mass is 9.82. The van der Waals surface area contributed by atoms with E-state index in [4.69, 9.17) is 19.9 Å². The number of ether oxygens (including phenoxy) is 3. The number of hydrogen-bond acceptors (Lipinski definition) is 7. The lowest BCUT2D eigenvalue weighted by Gasteiger charge is -2.26. The standard InChI is InChI=1S/C27H31N5O4/c1-17-9-10-18(36-24-12-11-23-30-22(28)16-32(23)31-24)15-20(17)29-26(33)19-7-6-8-21(35-14-13-34-5)25(19)27(2,3)4/h6-12,15-16H,13-14,28H2,1-5H3,(H,29,33). The number of nitrogens with zero attached hydrogens (tertiary/aromatic N) is 3. The van der Waals surface area contributed by atoms with E-state index in [9.17, 15) is 4.79 Å². The second-order valence-corrected chi connectivity index (χ2v) is 9.44. The van der Waals surface area contributed by atoms with Gasteiger partial charge >= 0.3 is 0 Å². The van der Waals surface area contributed by atoms with Crippen molar-refractivity contribution >= 4 is 23.1 Å². The molecule has 0 radical (unpaired) electrons. The largest absolute Gasteiger partial charge is 0.491 e. The molecule has 0 saturated carbocycles. The molecule has 0 unspecified atom stereocenters. The molecule has 0 aliphatic carbocycles. The minimum atomic E-state index is -0.322. The fourth-order valence-electron chi connectivity index (χ4n) is 3.90. The summed E-state index contributed by atoms with van der Waals surface area (Å²) in [5.41, 5.74) is 8.95. The number of fused-ring (bicyclic) bond motifs is 1. The molecule has 4 rings (SSSR count). The zero-order chi connectivity index (χ0) is 25.9. The number of benzene rings is 2. The van der Waals surface area contributed by atoms with Crippen molar-refractivity contribution in [2.24, 2.45) is 0 Å². The Morgan fingerprint density at radius 1 is 1.11 bits per heavy atom. The van der Waals surface area contributed by atoms with Crippen LogP contribution in [-0.4, -0.2) is 40.8 Å². The van der Waals surface area contributed by atoms with E-state index in [1.54, 1.807) is 36.0 Å². The highest BCUT2D eigenvalue weighted by atomic mass is 16.5. The van der Waals surface area contributed by atoms with E-state index < -0.39 is 0 Å². The van der Waals surface area contributed by atoms with Gasteiger partial charge in [0.1, 0.15) is 23.9 Å². The van der Waals surface area contributed by atoms with Gasteiger partial charge < -0.3 is 25.3 Å². The van der Waals surface area contributed by atoms with Crippen LogP contribution < -0.4 is 20.5 Å². The third-order valence-electron chi connectivity index (χ3n) is 5.56. The normalized spacial score (nSPS) is 11.5. The first-order valence-corrected chi connectivity index (χ1v) is 11.6. The predicted octanol–water partition coefficient (Wildman–Crippen LogP) is 4.99. The number of hydrogen-bond donors (Lipinski definition) is 2. The molecule has 0 saturated heterocycles. The summed E-state index contributed by atoms with van der Waals surface area (Å²) in [6.07, 6.45) is 1.61. The number of amides is 1. The molecule has 36 heavy (non-hydrogen) atoms. The Morgan fingerprint density at radius 2 is 1.92 bits per heavy atom. The van der Waals surface area contributed by atoms with E-state index >= 15 is 0 Å². The van der Waals surface area contributed by atoms with Gasteiger partial charge in [-0.3, -0.25) is 4.79 Å². The predicted molar refractivity (Wildman–Crippen MR) is 139 cm³/mol. The molecule has 9 heteroatoms. The maximum absolute atomic E-state index is 13.5. The number of rotatable bonds is 8. The molecule has 3 N–H and O–H groups in total. The summed E-state index contributed by atoms with van der Waals surface area (Å²) < 4.78 is 18.5. The molecular formula is C27H31N5O4. The average molecular weight is 490 g/mol. The molecule has 2 aromatic carbocycles. The number of imidazole rings is 1. The first kappa shape index (κ1) is 25.0. The topological polar surface area (TPSA) is 113 Å². The van der Waals surface area contributed by atoms with E-state index in [1.807, 2.05) is 37.3 Å². The summed E-state index contributed by atoms with van der Waals surface area (Å²) in [6.45, 7) is 8.95. The van der Waals surface area contributed by atoms with Crippen molar-refractivity contribution in [1.29, 1.82) is 0 Å². The lowest BCUT2D eigenvalue weighted by molar-refractivity contribution is 0.102. The molecule has 4 aromatic rings. The monoisotopic (exact) mass is 489 g/mol. The van der Waals surface area contributed by atoms with Gasteiger partial charge in [0.05, 0.1) is 12.8 Å². The highest BCUT2D eigenvalue weighted by Gasteiger charge is 2.26. The third kappa shape index (κ3) is 5.58.